The Kier molecular flexibility index (Phi) is 4.09. The number of carboxylic acid groups (broad SMARTS) is 1. The van der Waals surface area contributed by atoms with E-state index in [1.54, 1.807) is 7.11 Å². The highest BCUT2D eigenvalue weighted by molar-refractivity contribution is 6.31. The molecule has 4 nitrogen and oxygen atoms in total. The molecule has 0 unspecified atom stereocenters. The summed E-state index contributed by atoms with van der Waals surface area (Å²) in [6.45, 7) is 2.32. The van der Waals surface area contributed by atoms with Gasteiger partial charge in [0, 0.05) is 30.2 Å². The molecule has 1 heterocycles. The second-order valence-electron chi connectivity index (χ2n) is 4.58. The summed E-state index contributed by atoms with van der Waals surface area (Å²) in [7, 11) is 1.62. The molecule has 0 bridgehead atoms. The molecule has 0 saturated carbocycles. The highest BCUT2D eigenvalue weighted by Gasteiger charge is 2.29. The van der Waals surface area contributed by atoms with E-state index in [0.29, 0.717) is 11.6 Å². The topological polar surface area (TPSA) is 49.8 Å². The largest absolute Gasteiger partial charge is 0.496 e. The van der Waals surface area contributed by atoms with Crippen LogP contribution >= 0.6 is 11.6 Å². The van der Waals surface area contributed by atoms with Gasteiger partial charge in [0.1, 0.15) is 5.75 Å². The van der Waals surface area contributed by atoms with Crippen LogP contribution in [0.2, 0.25) is 5.02 Å². The SMILES string of the molecule is COc1cccc(Cl)c1CN1CC(CC(=O)O)C1. The molecule has 1 aromatic rings. The van der Waals surface area contributed by atoms with Crippen LogP contribution in [0.5, 0.6) is 5.75 Å². The monoisotopic (exact) mass is 269 g/mol. The lowest BCUT2D eigenvalue weighted by Gasteiger charge is -2.38. The molecule has 0 aliphatic carbocycles. The van der Waals surface area contributed by atoms with Crippen molar-refractivity contribution < 1.29 is 14.6 Å². The summed E-state index contributed by atoms with van der Waals surface area (Å²) in [6, 6.07) is 5.58. The first-order valence-electron chi connectivity index (χ1n) is 5.85. The molecule has 1 aliphatic rings. The molecule has 1 saturated heterocycles. The molecule has 0 atom stereocenters. The number of likely N-dealkylation sites (tertiary alicyclic amines) is 1. The zero-order valence-electron chi connectivity index (χ0n) is 10.2. The second-order valence-corrected chi connectivity index (χ2v) is 4.99. The molecule has 18 heavy (non-hydrogen) atoms. The van der Waals surface area contributed by atoms with Crippen molar-refractivity contribution in [1.82, 2.24) is 4.90 Å². The van der Waals surface area contributed by atoms with Crippen molar-refractivity contribution in [3.05, 3.63) is 28.8 Å². The molecular formula is C13H16ClNO3. The minimum Gasteiger partial charge on any atom is -0.496 e. The fourth-order valence-corrected chi connectivity index (χ4v) is 2.51. The quantitative estimate of drug-likeness (QED) is 0.891. The lowest BCUT2D eigenvalue weighted by molar-refractivity contribution is -0.139. The number of hydrogen-bond acceptors (Lipinski definition) is 3. The Hall–Kier alpha value is -1.26. The number of carboxylic acids is 1. The molecule has 0 amide bonds. The van der Waals surface area contributed by atoms with Gasteiger partial charge in [-0.25, -0.2) is 0 Å². The summed E-state index contributed by atoms with van der Waals surface area (Å²) in [5.41, 5.74) is 0.968. The van der Waals surface area contributed by atoms with Gasteiger partial charge in [-0.15, -0.1) is 0 Å². The molecule has 0 radical (unpaired) electrons. The number of benzene rings is 1. The van der Waals surface area contributed by atoms with Crippen molar-refractivity contribution in [3.63, 3.8) is 0 Å². The number of carbonyl (C=O) groups is 1. The van der Waals surface area contributed by atoms with Gasteiger partial charge in [0.15, 0.2) is 0 Å². The number of aliphatic carboxylic acids is 1. The van der Waals surface area contributed by atoms with Gasteiger partial charge in [-0.1, -0.05) is 17.7 Å². The van der Waals surface area contributed by atoms with Crippen molar-refractivity contribution in [1.29, 1.82) is 0 Å². The first-order chi connectivity index (χ1) is 8.60. The number of ether oxygens (including phenoxy) is 1. The first kappa shape index (κ1) is 13.2. The molecule has 5 heteroatoms. The molecular weight excluding hydrogens is 254 g/mol. The van der Waals surface area contributed by atoms with Gasteiger partial charge in [-0.05, 0) is 18.1 Å². The number of rotatable bonds is 5. The van der Waals surface area contributed by atoms with Gasteiger partial charge in [-0.3, -0.25) is 9.69 Å². The Balaban J connectivity index is 1.94. The van der Waals surface area contributed by atoms with Crippen LogP contribution in [-0.2, 0) is 11.3 Å². The third kappa shape index (κ3) is 2.94. The third-order valence-corrected chi connectivity index (χ3v) is 3.53. The van der Waals surface area contributed by atoms with Crippen LogP contribution in [0.4, 0.5) is 0 Å². The van der Waals surface area contributed by atoms with Crippen LogP contribution < -0.4 is 4.74 Å². The summed E-state index contributed by atoms with van der Waals surface area (Å²) < 4.78 is 5.28. The standard InChI is InChI=1S/C13H16ClNO3/c1-18-12-4-2-3-11(14)10(12)8-15-6-9(7-15)5-13(16)17/h2-4,9H,5-8H2,1H3,(H,16,17). The maximum atomic E-state index is 10.6. The van der Waals surface area contributed by atoms with Gasteiger partial charge >= 0.3 is 5.97 Å². The fraction of sp³-hybridized carbons (Fsp3) is 0.462. The number of nitrogens with zero attached hydrogens (tertiary/aromatic N) is 1. The summed E-state index contributed by atoms with van der Waals surface area (Å²) in [6.07, 6.45) is 0.246. The van der Waals surface area contributed by atoms with Crippen LogP contribution in [-0.4, -0.2) is 36.2 Å². The summed E-state index contributed by atoms with van der Waals surface area (Å²) in [5.74, 6) is 0.315. The molecule has 98 valence electrons. The van der Waals surface area contributed by atoms with Crippen molar-refractivity contribution in [2.45, 2.75) is 13.0 Å². The summed E-state index contributed by atoms with van der Waals surface area (Å²) in [5, 5.41) is 9.38. The van der Waals surface area contributed by atoms with Gasteiger partial charge in [0.25, 0.3) is 0 Å². The zero-order chi connectivity index (χ0) is 13.1. The molecule has 2 rings (SSSR count). The van der Waals surface area contributed by atoms with Crippen molar-refractivity contribution in [3.8, 4) is 5.75 Å². The van der Waals surface area contributed by atoms with E-state index in [9.17, 15) is 4.79 Å². The van der Waals surface area contributed by atoms with Gasteiger partial charge in [0.2, 0.25) is 0 Å². The zero-order valence-corrected chi connectivity index (χ0v) is 11.0. The Labute approximate surface area is 111 Å². The van der Waals surface area contributed by atoms with E-state index in [0.717, 1.165) is 24.4 Å². The molecule has 1 aliphatic heterocycles. The third-order valence-electron chi connectivity index (χ3n) is 3.17. The summed E-state index contributed by atoms with van der Waals surface area (Å²) >= 11 is 6.15. The maximum Gasteiger partial charge on any atom is 0.303 e. The van der Waals surface area contributed by atoms with Crippen LogP contribution in [0, 0.1) is 5.92 Å². The van der Waals surface area contributed by atoms with E-state index >= 15 is 0 Å². The first-order valence-corrected chi connectivity index (χ1v) is 6.23. The Morgan fingerprint density at radius 1 is 1.56 bits per heavy atom. The average molecular weight is 270 g/mol. The van der Waals surface area contributed by atoms with Crippen LogP contribution in [0.25, 0.3) is 0 Å². The minimum atomic E-state index is -0.727. The van der Waals surface area contributed by atoms with Crippen LogP contribution in [0.1, 0.15) is 12.0 Å². The number of hydrogen-bond donors (Lipinski definition) is 1. The molecule has 1 fully saturated rings. The van der Waals surface area contributed by atoms with Crippen molar-refractivity contribution >= 4 is 17.6 Å². The van der Waals surface area contributed by atoms with Crippen molar-refractivity contribution in [2.24, 2.45) is 5.92 Å². The van der Waals surface area contributed by atoms with E-state index in [-0.39, 0.29) is 12.3 Å². The molecule has 0 aromatic heterocycles. The second kappa shape index (κ2) is 5.59. The predicted octanol–water partition coefficient (Wildman–Crippen LogP) is 2.26. The Bertz CT molecular complexity index is 444. The molecule has 1 aromatic carbocycles. The van der Waals surface area contributed by atoms with Crippen LogP contribution in [0.15, 0.2) is 18.2 Å². The highest BCUT2D eigenvalue weighted by atomic mass is 35.5. The van der Waals surface area contributed by atoms with E-state index in [1.807, 2.05) is 18.2 Å². The lowest BCUT2D eigenvalue weighted by Crippen LogP contribution is -2.46. The number of methoxy groups -OCH3 is 1. The van der Waals surface area contributed by atoms with E-state index in [2.05, 4.69) is 4.90 Å². The van der Waals surface area contributed by atoms with Crippen LogP contribution in [0.3, 0.4) is 0 Å². The maximum absolute atomic E-state index is 10.6. The van der Waals surface area contributed by atoms with E-state index < -0.39 is 5.97 Å². The average Bonchev–Trinajstić information content (AvgIpc) is 2.27. The van der Waals surface area contributed by atoms with Gasteiger partial charge < -0.3 is 9.84 Å². The van der Waals surface area contributed by atoms with Gasteiger partial charge in [-0.2, -0.15) is 0 Å². The number of halogens is 1. The highest BCUT2D eigenvalue weighted by Crippen LogP contribution is 2.30. The molecule has 1 N–H and O–H groups in total. The lowest BCUT2D eigenvalue weighted by atomic mass is 9.95. The van der Waals surface area contributed by atoms with Crippen molar-refractivity contribution in [2.75, 3.05) is 20.2 Å². The normalized spacial score (nSPS) is 16.3. The fourth-order valence-electron chi connectivity index (χ4n) is 2.29. The van der Waals surface area contributed by atoms with E-state index in [4.69, 9.17) is 21.4 Å². The summed E-state index contributed by atoms with van der Waals surface area (Å²) in [4.78, 5) is 12.7. The minimum absolute atomic E-state index is 0.246. The van der Waals surface area contributed by atoms with Gasteiger partial charge in [0.05, 0.1) is 13.5 Å². The Morgan fingerprint density at radius 3 is 2.89 bits per heavy atom. The predicted molar refractivity (Wildman–Crippen MR) is 69.0 cm³/mol. The smallest absolute Gasteiger partial charge is 0.303 e. The van der Waals surface area contributed by atoms with E-state index in [1.165, 1.54) is 0 Å². The molecule has 0 spiro atoms. The Morgan fingerprint density at radius 2 is 2.28 bits per heavy atom.